The monoisotopic (exact) mass is 421 g/mol. The van der Waals surface area contributed by atoms with Gasteiger partial charge in [0.15, 0.2) is 0 Å². The third-order valence-corrected chi connectivity index (χ3v) is 5.50. The second kappa shape index (κ2) is 7.91. The number of thioether (sulfide) groups is 1. The molecule has 3 heterocycles. The fourth-order valence-electron chi connectivity index (χ4n) is 3.52. The van der Waals surface area contributed by atoms with Crippen molar-refractivity contribution in [3.8, 4) is 5.69 Å². The number of aromatic nitrogens is 6. The molecule has 0 aliphatic heterocycles. The molecule has 0 fully saturated rings. The highest BCUT2D eigenvalue weighted by atomic mass is 32.2. The van der Waals surface area contributed by atoms with E-state index < -0.39 is 0 Å². The van der Waals surface area contributed by atoms with Gasteiger partial charge in [-0.2, -0.15) is 10.1 Å². The van der Waals surface area contributed by atoms with Crippen molar-refractivity contribution in [1.29, 1.82) is 0 Å². The number of nitrogens with zero attached hydrogens (tertiary/aromatic N) is 6. The number of nitrogens with one attached hydrogen (secondary N) is 1. The molecular weight excluding hydrogens is 398 g/mol. The van der Waals surface area contributed by atoms with Crippen LogP contribution in [0.4, 0.5) is 5.69 Å². The van der Waals surface area contributed by atoms with Crippen LogP contribution in [0, 0.1) is 27.7 Å². The first-order valence-electron chi connectivity index (χ1n) is 9.56. The van der Waals surface area contributed by atoms with Crippen LogP contribution in [0.2, 0.25) is 0 Å². The van der Waals surface area contributed by atoms with Crippen molar-refractivity contribution in [3.05, 3.63) is 58.7 Å². The highest BCUT2D eigenvalue weighted by Gasteiger charge is 2.17. The first-order chi connectivity index (χ1) is 14.4. The van der Waals surface area contributed by atoms with Crippen LogP contribution in [-0.2, 0) is 11.2 Å². The minimum absolute atomic E-state index is 0.124. The Morgan fingerprint density at radius 1 is 1.10 bits per heavy atom. The Balaban J connectivity index is 1.63. The molecule has 1 N–H and O–H groups in total. The summed E-state index contributed by atoms with van der Waals surface area (Å²) in [5, 5.41) is 12.7. The van der Waals surface area contributed by atoms with Crippen molar-refractivity contribution in [2.75, 3.05) is 11.6 Å². The zero-order valence-electron chi connectivity index (χ0n) is 17.6. The van der Waals surface area contributed by atoms with E-state index in [4.69, 9.17) is 0 Å². The lowest BCUT2D eigenvalue weighted by molar-refractivity contribution is -0.115. The summed E-state index contributed by atoms with van der Waals surface area (Å²) in [7, 11) is 0. The summed E-state index contributed by atoms with van der Waals surface area (Å²) >= 11 is 1.46. The van der Waals surface area contributed by atoms with Crippen LogP contribution in [0.3, 0.4) is 0 Å². The average molecular weight is 422 g/mol. The molecule has 0 saturated carbocycles. The number of fused-ring (bicyclic) bond motifs is 1. The van der Waals surface area contributed by atoms with Crippen LogP contribution in [0.1, 0.15) is 28.3 Å². The standard InChI is InChI=1S/C21H23N7OS/c1-12-10-13(2)27(25-12)18-9-7-6-8-17(18)23-19(29)11-16-14(3)22-20-24-21(30-5)26-28(20)15(16)4/h6-10H,11H2,1-5H3,(H,23,29). The molecule has 9 heteroatoms. The van der Waals surface area contributed by atoms with E-state index in [1.165, 1.54) is 11.8 Å². The summed E-state index contributed by atoms with van der Waals surface area (Å²) in [5.74, 6) is 0.426. The maximum atomic E-state index is 12.9. The molecule has 1 aromatic carbocycles. The van der Waals surface area contributed by atoms with Crippen molar-refractivity contribution in [2.45, 2.75) is 39.3 Å². The lowest BCUT2D eigenvalue weighted by Crippen LogP contribution is -2.19. The van der Waals surface area contributed by atoms with E-state index in [0.29, 0.717) is 16.6 Å². The molecule has 4 rings (SSSR count). The van der Waals surface area contributed by atoms with Crippen molar-refractivity contribution < 1.29 is 4.79 Å². The Kier molecular flexibility index (Phi) is 5.29. The van der Waals surface area contributed by atoms with Crippen LogP contribution in [0.15, 0.2) is 35.5 Å². The van der Waals surface area contributed by atoms with Crippen LogP contribution in [0.5, 0.6) is 0 Å². The van der Waals surface area contributed by atoms with Crippen molar-refractivity contribution in [3.63, 3.8) is 0 Å². The van der Waals surface area contributed by atoms with Gasteiger partial charge in [0.1, 0.15) is 0 Å². The normalized spacial score (nSPS) is 11.2. The first kappa shape index (κ1) is 20.1. The molecule has 30 heavy (non-hydrogen) atoms. The highest BCUT2D eigenvalue weighted by Crippen LogP contribution is 2.23. The van der Waals surface area contributed by atoms with Gasteiger partial charge < -0.3 is 5.32 Å². The fraction of sp³-hybridized carbons (Fsp3) is 0.286. The maximum Gasteiger partial charge on any atom is 0.253 e. The Morgan fingerprint density at radius 3 is 2.57 bits per heavy atom. The number of para-hydroxylation sites is 2. The van der Waals surface area contributed by atoms with E-state index in [-0.39, 0.29) is 12.3 Å². The van der Waals surface area contributed by atoms with Gasteiger partial charge >= 0.3 is 0 Å². The van der Waals surface area contributed by atoms with Gasteiger partial charge in [0, 0.05) is 22.6 Å². The van der Waals surface area contributed by atoms with Crippen molar-refractivity contribution in [1.82, 2.24) is 29.4 Å². The van der Waals surface area contributed by atoms with E-state index in [9.17, 15) is 4.79 Å². The van der Waals surface area contributed by atoms with Crippen LogP contribution >= 0.6 is 11.8 Å². The van der Waals surface area contributed by atoms with E-state index in [1.807, 2.05) is 69.0 Å². The first-order valence-corrected chi connectivity index (χ1v) is 10.8. The molecule has 0 bridgehead atoms. The molecule has 0 unspecified atom stereocenters. The number of aryl methyl sites for hydroxylation is 4. The third-order valence-electron chi connectivity index (χ3n) is 4.97. The second-order valence-electron chi connectivity index (χ2n) is 7.15. The highest BCUT2D eigenvalue weighted by molar-refractivity contribution is 7.98. The van der Waals surface area contributed by atoms with Gasteiger partial charge in [-0.1, -0.05) is 23.9 Å². The third kappa shape index (κ3) is 3.68. The van der Waals surface area contributed by atoms with Gasteiger partial charge in [-0.25, -0.2) is 14.2 Å². The van der Waals surface area contributed by atoms with Crippen molar-refractivity contribution >= 4 is 29.1 Å². The molecule has 0 atom stereocenters. The summed E-state index contributed by atoms with van der Waals surface area (Å²) in [6.07, 6.45) is 2.12. The Labute approximate surface area is 178 Å². The van der Waals surface area contributed by atoms with Crippen LogP contribution in [-0.4, -0.2) is 41.5 Å². The molecule has 3 aromatic heterocycles. The number of hydrogen-bond acceptors (Lipinski definition) is 6. The van der Waals surface area contributed by atoms with E-state index in [1.54, 1.807) is 4.52 Å². The van der Waals surface area contributed by atoms with Crippen molar-refractivity contribution in [2.24, 2.45) is 0 Å². The molecule has 0 aliphatic rings. The van der Waals surface area contributed by atoms with Gasteiger partial charge in [-0.3, -0.25) is 4.79 Å². The number of benzene rings is 1. The SMILES string of the molecule is CSc1nc2nc(C)c(CC(=O)Nc3ccccc3-n3nc(C)cc3C)c(C)n2n1. The fourth-order valence-corrected chi connectivity index (χ4v) is 3.86. The lowest BCUT2D eigenvalue weighted by atomic mass is 10.1. The molecule has 0 saturated heterocycles. The molecule has 8 nitrogen and oxygen atoms in total. The maximum absolute atomic E-state index is 12.9. The lowest BCUT2D eigenvalue weighted by Gasteiger charge is -2.14. The largest absolute Gasteiger partial charge is 0.324 e. The number of anilines is 1. The number of rotatable bonds is 5. The van der Waals surface area contributed by atoms with Crippen LogP contribution in [0.25, 0.3) is 11.5 Å². The minimum Gasteiger partial charge on any atom is -0.324 e. The van der Waals surface area contributed by atoms with Gasteiger partial charge in [-0.05, 0) is 52.1 Å². The number of carbonyl (C=O) groups is 1. The number of carbonyl (C=O) groups excluding carboxylic acids is 1. The average Bonchev–Trinajstić information content (AvgIpc) is 3.27. The Hall–Kier alpha value is -3.20. The van der Waals surface area contributed by atoms with Gasteiger partial charge in [0.2, 0.25) is 11.1 Å². The van der Waals surface area contributed by atoms with Gasteiger partial charge in [0.25, 0.3) is 5.78 Å². The predicted molar refractivity (Wildman–Crippen MR) is 117 cm³/mol. The molecule has 154 valence electrons. The summed E-state index contributed by atoms with van der Waals surface area (Å²) in [6, 6.07) is 9.66. The molecule has 0 spiro atoms. The molecule has 0 aliphatic carbocycles. The van der Waals surface area contributed by atoms with Gasteiger partial charge in [0.05, 0.1) is 23.5 Å². The molecule has 1 amide bonds. The number of hydrogen-bond donors (Lipinski definition) is 1. The zero-order valence-corrected chi connectivity index (χ0v) is 18.4. The van der Waals surface area contributed by atoms with E-state index in [2.05, 4.69) is 25.5 Å². The molecular formula is C21H23N7OS. The number of amides is 1. The zero-order chi connectivity index (χ0) is 21.4. The van der Waals surface area contributed by atoms with E-state index >= 15 is 0 Å². The van der Waals surface area contributed by atoms with E-state index in [0.717, 1.165) is 34.0 Å². The molecule has 0 radical (unpaired) electrons. The quantitative estimate of drug-likeness (QED) is 0.497. The summed E-state index contributed by atoms with van der Waals surface area (Å²) < 4.78 is 3.54. The Morgan fingerprint density at radius 2 is 1.87 bits per heavy atom. The van der Waals surface area contributed by atoms with Gasteiger partial charge in [-0.15, -0.1) is 5.10 Å². The molecule has 4 aromatic rings. The summed E-state index contributed by atoms with van der Waals surface area (Å²) in [5.41, 5.74) is 5.97. The minimum atomic E-state index is -0.124. The summed E-state index contributed by atoms with van der Waals surface area (Å²) in [4.78, 5) is 21.9. The topological polar surface area (TPSA) is 90.0 Å². The Bertz CT molecular complexity index is 1260. The van der Waals surface area contributed by atoms with Crippen LogP contribution < -0.4 is 5.32 Å². The predicted octanol–water partition coefficient (Wildman–Crippen LogP) is 3.45. The summed E-state index contributed by atoms with van der Waals surface area (Å²) in [6.45, 7) is 7.78. The smallest absolute Gasteiger partial charge is 0.253 e. The second-order valence-corrected chi connectivity index (χ2v) is 7.93.